The molecule has 2 heteroatoms. The standard InChI is InChI=1S/C16H24O2/c1-10-13-8-12(16(13,2)3)9-14(10)18-15(17)11-6-4-5-7-11/h4-5,10-14H,6-9H2,1-3H3/t10-,12+,13-,14-/m0/s1. The van der Waals surface area contributed by atoms with Crippen LogP contribution >= 0.6 is 0 Å². The molecular weight excluding hydrogens is 224 g/mol. The number of fused-ring (bicyclic) bond motifs is 2. The molecule has 0 saturated heterocycles. The highest BCUT2D eigenvalue weighted by atomic mass is 16.5. The van der Waals surface area contributed by atoms with E-state index in [0.29, 0.717) is 11.3 Å². The zero-order valence-electron chi connectivity index (χ0n) is 11.7. The van der Waals surface area contributed by atoms with Gasteiger partial charge in [0, 0.05) is 0 Å². The Morgan fingerprint density at radius 3 is 2.44 bits per heavy atom. The van der Waals surface area contributed by atoms with Crippen molar-refractivity contribution in [1.29, 1.82) is 0 Å². The number of hydrogen-bond donors (Lipinski definition) is 0. The molecule has 3 saturated carbocycles. The number of esters is 1. The minimum atomic E-state index is 0.0379. The zero-order chi connectivity index (χ0) is 12.9. The first kappa shape index (κ1) is 12.3. The molecule has 2 bridgehead atoms. The van der Waals surface area contributed by atoms with Crippen LogP contribution in [-0.4, -0.2) is 12.1 Å². The van der Waals surface area contributed by atoms with Crippen LogP contribution in [0.25, 0.3) is 0 Å². The maximum atomic E-state index is 12.1. The molecule has 0 aromatic carbocycles. The van der Waals surface area contributed by atoms with Crippen LogP contribution in [0.5, 0.6) is 0 Å². The van der Waals surface area contributed by atoms with E-state index in [-0.39, 0.29) is 18.0 Å². The van der Waals surface area contributed by atoms with Crippen molar-refractivity contribution >= 4 is 5.97 Å². The van der Waals surface area contributed by atoms with Crippen LogP contribution in [0.3, 0.4) is 0 Å². The molecule has 0 radical (unpaired) electrons. The highest BCUT2D eigenvalue weighted by Crippen LogP contribution is 2.61. The highest BCUT2D eigenvalue weighted by molar-refractivity contribution is 5.73. The summed E-state index contributed by atoms with van der Waals surface area (Å²) in [4.78, 5) is 12.1. The Bertz CT molecular complexity index is 375. The van der Waals surface area contributed by atoms with Gasteiger partial charge in [-0.25, -0.2) is 0 Å². The lowest BCUT2D eigenvalue weighted by Gasteiger charge is -2.61. The number of ether oxygens (including phenoxy) is 1. The zero-order valence-corrected chi connectivity index (χ0v) is 11.7. The lowest BCUT2D eigenvalue weighted by Crippen LogP contribution is -2.57. The first-order valence-electron chi connectivity index (χ1n) is 7.35. The van der Waals surface area contributed by atoms with Crippen LogP contribution in [0, 0.1) is 29.1 Å². The summed E-state index contributed by atoms with van der Waals surface area (Å²) in [6.07, 6.45) is 8.53. The van der Waals surface area contributed by atoms with Crippen molar-refractivity contribution in [1.82, 2.24) is 0 Å². The maximum absolute atomic E-state index is 12.1. The maximum Gasteiger partial charge on any atom is 0.309 e. The average molecular weight is 248 g/mol. The summed E-state index contributed by atoms with van der Waals surface area (Å²) in [7, 11) is 0. The SMILES string of the molecule is C[C@@H]1[C@@H](OC(=O)C2CC=CC2)C[C@H]2C[C@@H]1C2(C)C. The Kier molecular flexibility index (Phi) is 2.80. The summed E-state index contributed by atoms with van der Waals surface area (Å²) in [5, 5.41) is 0. The van der Waals surface area contributed by atoms with Crippen molar-refractivity contribution in [2.75, 3.05) is 0 Å². The molecule has 2 nitrogen and oxygen atoms in total. The molecule has 4 atom stereocenters. The van der Waals surface area contributed by atoms with Gasteiger partial charge in [0.25, 0.3) is 0 Å². The smallest absolute Gasteiger partial charge is 0.309 e. The molecule has 0 aromatic rings. The second kappa shape index (κ2) is 4.11. The second-order valence-electron chi connectivity index (χ2n) is 7.07. The predicted molar refractivity (Wildman–Crippen MR) is 70.9 cm³/mol. The summed E-state index contributed by atoms with van der Waals surface area (Å²) >= 11 is 0. The van der Waals surface area contributed by atoms with E-state index in [0.717, 1.165) is 31.1 Å². The molecule has 18 heavy (non-hydrogen) atoms. The van der Waals surface area contributed by atoms with Crippen LogP contribution in [0.1, 0.15) is 46.5 Å². The molecule has 4 aliphatic carbocycles. The van der Waals surface area contributed by atoms with Crippen molar-refractivity contribution in [3.05, 3.63) is 12.2 Å². The largest absolute Gasteiger partial charge is 0.462 e. The van der Waals surface area contributed by atoms with Crippen LogP contribution in [0.15, 0.2) is 12.2 Å². The third-order valence-corrected chi connectivity index (χ3v) is 5.89. The molecule has 0 aliphatic heterocycles. The minimum absolute atomic E-state index is 0.0379. The van der Waals surface area contributed by atoms with E-state index < -0.39 is 0 Å². The third kappa shape index (κ3) is 1.72. The summed E-state index contributed by atoms with van der Waals surface area (Å²) in [5.41, 5.74) is 0.469. The third-order valence-electron chi connectivity index (χ3n) is 5.89. The van der Waals surface area contributed by atoms with Gasteiger partial charge in [0.1, 0.15) is 6.10 Å². The molecule has 0 unspecified atom stereocenters. The summed E-state index contributed by atoms with van der Waals surface area (Å²) in [6, 6.07) is 0. The van der Waals surface area contributed by atoms with Gasteiger partial charge in [-0.05, 0) is 48.9 Å². The number of carbonyl (C=O) groups is 1. The topological polar surface area (TPSA) is 26.3 Å². The van der Waals surface area contributed by atoms with Crippen molar-refractivity contribution in [3.63, 3.8) is 0 Å². The van der Waals surface area contributed by atoms with Gasteiger partial charge in [-0.15, -0.1) is 0 Å². The van der Waals surface area contributed by atoms with E-state index in [1.165, 1.54) is 6.42 Å². The van der Waals surface area contributed by atoms with E-state index in [1.54, 1.807) is 0 Å². The number of allylic oxidation sites excluding steroid dienone is 2. The number of carbonyl (C=O) groups excluding carboxylic acids is 1. The monoisotopic (exact) mass is 248 g/mol. The van der Waals surface area contributed by atoms with E-state index in [1.807, 2.05) is 0 Å². The average Bonchev–Trinajstić information content (AvgIpc) is 2.84. The van der Waals surface area contributed by atoms with Crippen LogP contribution in [0.2, 0.25) is 0 Å². The van der Waals surface area contributed by atoms with E-state index in [4.69, 9.17) is 4.74 Å². The molecule has 4 rings (SSSR count). The Morgan fingerprint density at radius 1 is 1.22 bits per heavy atom. The van der Waals surface area contributed by atoms with Crippen LogP contribution in [0.4, 0.5) is 0 Å². The molecule has 3 fully saturated rings. The minimum Gasteiger partial charge on any atom is -0.462 e. The van der Waals surface area contributed by atoms with Gasteiger partial charge in [0.15, 0.2) is 0 Å². The normalized spacial score (nSPS) is 41.5. The molecule has 0 heterocycles. The summed E-state index contributed by atoms with van der Waals surface area (Å²) in [6.45, 7) is 7.02. The van der Waals surface area contributed by atoms with Gasteiger partial charge in [-0.2, -0.15) is 0 Å². The predicted octanol–water partition coefficient (Wildman–Crippen LogP) is 3.57. The fourth-order valence-electron chi connectivity index (χ4n) is 4.31. The molecule has 0 N–H and O–H groups in total. The van der Waals surface area contributed by atoms with Gasteiger partial charge < -0.3 is 4.74 Å². The van der Waals surface area contributed by atoms with E-state index >= 15 is 0 Å². The van der Waals surface area contributed by atoms with Crippen molar-refractivity contribution < 1.29 is 9.53 Å². The number of rotatable bonds is 2. The van der Waals surface area contributed by atoms with Gasteiger partial charge in [-0.3, -0.25) is 4.79 Å². The Labute approximate surface area is 110 Å². The Morgan fingerprint density at radius 2 is 1.89 bits per heavy atom. The Hall–Kier alpha value is -0.790. The quantitative estimate of drug-likeness (QED) is 0.551. The molecular formula is C16H24O2. The number of hydrogen-bond acceptors (Lipinski definition) is 2. The fraction of sp³-hybridized carbons (Fsp3) is 0.812. The highest BCUT2D eigenvalue weighted by Gasteiger charge is 2.57. The summed E-state index contributed by atoms with van der Waals surface area (Å²) < 4.78 is 5.80. The van der Waals surface area contributed by atoms with Gasteiger partial charge in [-0.1, -0.05) is 32.9 Å². The molecule has 0 aromatic heterocycles. The first-order valence-corrected chi connectivity index (χ1v) is 7.35. The van der Waals surface area contributed by atoms with Crippen LogP contribution in [-0.2, 0) is 9.53 Å². The van der Waals surface area contributed by atoms with Gasteiger partial charge >= 0.3 is 5.97 Å². The lowest BCUT2D eigenvalue weighted by molar-refractivity contribution is -0.189. The fourth-order valence-corrected chi connectivity index (χ4v) is 4.31. The Balaban J connectivity index is 1.60. The summed E-state index contributed by atoms with van der Waals surface area (Å²) in [5.74, 6) is 2.18. The molecule has 100 valence electrons. The van der Waals surface area contributed by atoms with E-state index in [2.05, 4.69) is 32.9 Å². The van der Waals surface area contributed by atoms with Crippen molar-refractivity contribution in [3.8, 4) is 0 Å². The van der Waals surface area contributed by atoms with Crippen molar-refractivity contribution in [2.45, 2.75) is 52.6 Å². The molecule has 0 spiro atoms. The molecule has 0 amide bonds. The van der Waals surface area contributed by atoms with Gasteiger partial charge in [0.2, 0.25) is 0 Å². The van der Waals surface area contributed by atoms with Gasteiger partial charge in [0.05, 0.1) is 5.92 Å². The van der Waals surface area contributed by atoms with Crippen LogP contribution < -0.4 is 0 Å². The van der Waals surface area contributed by atoms with Crippen molar-refractivity contribution in [2.24, 2.45) is 29.1 Å². The first-order chi connectivity index (χ1) is 8.50. The van der Waals surface area contributed by atoms with E-state index in [9.17, 15) is 4.79 Å². The molecule has 4 aliphatic rings. The second-order valence-corrected chi connectivity index (χ2v) is 7.07. The lowest BCUT2D eigenvalue weighted by atomic mass is 9.45.